The van der Waals surface area contributed by atoms with Crippen molar-refractivity contribution in [3.8, 4) is 11.4 Å². The quantitative estimate of drug-likeness (QED) is 0.464. The van der Waals surface area contributed by atoms with E-state index >= 15 is 0 Å². The number of rotatable bonds is 8. The van der Waals surface area contributed by atoms with E-state index in [0.29, 0.717) is 30.3 Å². The van der Waals surface area contributed by atoms with Gasteiger partial charge < -0.3 is 14.3 Å². The van der Waals surface area contributed by atoms with Crippen molar-refractivity contribution in [3.63, 3.8) is 0 Å². The van der Waals surface area contributed by atoms with Gasteiger partial charge in [0.15, 0.2) is 5.58 Å². The van der Waals surface area contributed by atoms with Crippen LogP contribution in [0.25, 0.3) is 22.5 Å². The van der Waals surface area contributed by atoms with Crippen LogP contribution in [-0.4, -0.2) is 25.6 Å². The zero-order valence-electron chi connectivity index (χ0n) is 17.3. The molecule has 1 amide bonds. The Morgan fingerprint density at radius 2 is 2.03 bits per heavy atom. The van der Waals surface area contributed by atoms with Crippen molar-refractivity contribution in [1.82, 2.24) is 25.0 Å². The lowest BCUT2D eigenvalue weighted by atomic mass is 10.0. The van der Waals surface area contributed by atoms with Crippen LogP contribution in [0.1, 0.15) is 38.6 Å². The summed E-state index contributed by atoms with van der Waals surface area (Å²) in [5.74, 6) is 0.246. The van der Waals surface area contributed by atoms with E-state index in [1.54, 1.807) is 29.1 Å². The molecule has 3 heterocycles. The summed E-state index contributed by atoms with van der Waals surface area (Å²) in [5.41, 5.74) is 2.00. The average molecular weight is 421 g/mol. The molecule has 0 aliphatic heterocycles. The summed E-state index contributed by atoms with van der Waals surface area (Å²) in [6, 6.07) is 10.4. The van der Waals surface area contributed by atoms with Crippen LogP contribution < -0.4 is 11.1 Å². The molecule has 4 rings (SSSR count). The normalized spacial score (nSPS) is 12.4. The van der Waals surface area contributed by atoms with Crippen LogP contribution in [0.4, 0.5) is 0 Å². The lowest BCUT2D eigenvalue weighted by Gasteiger charge is -2.18. The van der Waals surface area contributed by atoms with E-state index in [-0.39, 0.29) is 18.2 Å². The van der Waals surface area contributed by atoms with Crippen molar-refractivity contribution in [3.05, 3.63) is 65.2 Å². The number of nitrogens with zero attached hydrogens (tertiary/aromatic N) is 4. The summed E-state index contributed by atoms with van der Waals surface area (Å²) in [4.78, 5) is 33.1. The number of nitrogens with one attached hydrogen (secondary N) is 1. The molecule has 0 fully saturated rings. The molecule has 9 heteroatoms. The number of carbonyl (C=O) groups excluding carboxylic acids is 1. The van der Waals surface area contributed by atoms with E-state index in [1.165, 1.54) is 0 Å². The van der Waals surface area contributed by atoms with Crippen LogP contribution in [0.15, 0.2) is 62.5 Å². The third kappa shape index (κ3) is 4.55. The maximum Gasteiger partial charge on any atom is 0.419 e. The Hall–Kier alpha value is -3.75. The fourth-order valence-electron chi connectivity index (χ4n) is 3.36. The molecule has 1 unspecified atom stereocenters. The van der Waals surface area contributed by atoms with Gasteiger partial charge in [0.2, 0.25) is 17.6 Å². The van der Waals surface area contributed by atoms with E-state index < -0.39 is 11.8 Å². The van der Waals surface area contributed by atoms with E-state index in [0.717, 1.165) is 11.1 Å². The van der Waals surface area contributed by atoms with Gasteiger partial charge in [-0.1, -0.05) is 31.1 Å². The van der Waals surface area contributed by atoms with Gasteiger partial charge in [0.05, 0.1) is 5.52 Å². The van der Waals surface area contributed by atoms with Gasteiger partial charge in [-0.2, -0.15) is 4.98 Å². The maximum absolute atomic E-state index is 12.6. The third-order valence-corrected chi connectivity index (χ3v) is 4.97. The first-order valence-corrected chi connectivity index (χ1v) is 10.1. The zero-order chi connectivity index (χ0) is 21.8. The molecule has 0 spiro atoms. The number of pyridine rings is 1. The highest BCUT2D eigenvalue weighted by Crippen LogP contribution is 2.23. The number of hydrogen-bond donors (Lipinski definition) is 1. The lowest BCUT2D eigenvalue weighted by molar-refractivity contribution is -0.122. The van der Waals surface area contributed by atoms with E-state index in [2.05, 4.69) is 20.4 Å². The van der Waals surface area contributed by atoms with Gasteiger partial charge in [-0.15, -0.1) is 0 Å². The van der Waals surface area contributed by atoms with Gasteiger partial charge >= 0.3 is 5.76 Å². The number of amides is 1. The molecule has 31 heavy (non-hydrogen) atoms. The van der Waals surface area contributed by atoms with Gasteiger partial charge in [0.1, 0.15) is 6.04 Å². The Morgan fingerprint density at radius 1 is 1.19 bits per heavy atom. The summed E-state index contributed by atoms with van der Waals surface area (Å²) in [6.45, 7) is 4.33. The lowest BCUT2D eigenvalue weighted by Crippen LogP contribution is -2.32. The fourth-order valence-corrected chi connectivity index (χ4v) is 3.36. The topological polar surface area (TPSA) is 116 Å². The van der Waals surface area contributed by atoms with E-state index in [4.69, 9.17) is 8.94 Å². The molecule has 0 saturated heterocycles. The monoisotopic (exact) mass is 421 g/mol. The summed E-state index contributed by atoms with van der Waals surface area (Å²) >= 11 is 0. The van der Waals surface area contributed by atoms with Crippen LogP contribution >= 0.6 is 0 Å². The first-order valence-electron chi connectivity index (χ1n) is 10.1. The van der Waals surface area contributed by atoms with Gasteiger partial charge in [-0.25, -0.2) is 4.79 Å². The highest BCUT2D eigenvalue weighted by molar-refractivity contribution is 5.76. The highest BCUT2D eigenvalue weighted by atomic mass is 16.5. The van der Waals surface area contributed by atoms with Crippen molar-refractivity contribution in [2.45, 2.75) is 39.3 Å². The van der Waals surface area contributed by atoms with Crippen molar-refractivity contribution in [2.24, 2.45) is 5.92 Å². The van der Waals surface area contributed by atoms with Crippen molar-refractivity contribution in [2.75, 3.05) is 0 Å². The van der Waals surface area contributed by atoms with Gasteiger partial charge in [0, 0.05) is 30.9 Å². The van der Waals surface area contributed by atoms with Crippen LogP contribution in [0.2, 0.25) is 0 Å². The molecule has 0 radical (unpaired) electrons. The molecule has 0 aliphatic carbocycles. The molecule has 0 saturated carbocycles. The molecular weight excluding hydrogens is 398 g/mol. The highest BCUT2D eigenvalue weighted by Gasteiger charge is 2.25. The largest absolute Gasteiger partial charge is 0.419 e. The second kappa shape index (κ2) is 8.95. The number of aromatic nitrogens is 4. The summed E-state index contributed by atoms with van der Waals surface area (Å²) < 4.78 is 12.2. The SMILES string of the molecule is CC(C)C(NC(=O)CCCn1c(=O)oc2ccccc21)c1nc(-c2cccnc2)no1. The van der Waals surface area contributed by atoms with Gasteiger partial charge in [-0.3, -0.25) is 14.3 Å². The molecule has 1 aromatic carbocycles. The molecular formula is C22H23N5O4. The first-order chi connectivity index (χ1) is 15.0. The fraction of sp³-hybridized carbons (Fsp3) is 0.318. The van der Waals surface area contributed by atoms with Crippen LogP contribution in [-0.2, 0) is 11.3 Å². The Kier molecular flexibility index (Phi) is 5.92. The molecule has 160 valence electrons. The Balaban J connectivity index is 1.39. The zero-order valence-corrected chi connectivity index (χ0v) is 17.3. The summed E-state index contributed by atoms with van der Waals surface area (Å²) in [7, 11) is 0. The average Bonchev–Trinajstić information content (AvgIpc) is 3.37. The first kappa shape index (κ1) is 20.5. The molecule has 1 atom stereocenters. The van der Waals surface area contributed by atoms with Crippen LogP contribution in [0.5, 0.6) is 0 Å². The second-order valence-corrected chi connectivity index (χ2v) is 7.58. The van der Waals surface area contributed by atoms with Crippen molar-refractivity contribution in [1.29, 1.82) is 0 Å². The summed E-state index contributed by atoms with van der Waals surface area (Å²) in [6.07, 6.45) is 4.06. The van der Waals surface area contributed by atoms with Gasteiger partial charge in [0.25, 0.3) is 0 Å². The van der Waals surface area contributed by atoms with E-state index in [9.17, 15) is 9.59 Å². The number of benzene rings is 1. The number of fused-ring (bicyclic) bond motifs is 1. The minimum atomic E-state index is -0.421. The number of carbonyl (C=O) groups is 1. The maximum atomic E-state index is 12.6. The summed E-state index contributed by atoms with van der Waals surface area (Å²) in [5, 5.41) is 6.97. The second-order valence-electron chi connectivity index (χ2n) is 7.58. The van der Waals surface area contributed by atoms with Crippen molar-refractivity contribution >= 4 is 17.0 Å². The number of aryl methyl sites for hydroxylation is 1. The molecule has 9 nitrogen and oxygen atoms in total. The van der Waals surface area contributed by atoms with Gasteiger partial charge in [-0.05, 0) is 36.6 Å². The van der Waals surface area contributed by atoms with Crippen LogP contribution in [0.3, 0.4) is 0 Å². The molecule has 1 N–H and O–H groups in total. The minimum absolute atomic E-state index is 0.0478. The number of oxazole rings is 1. The van der Waals surface area contributed by atoms with Crippen molar-refractivity contribution < 1.29 is 13.7 Å². The molecule has 4 aromatic rings. The number of para-hydroxylation sites is 2. The Labute approximate surface area is 178 Å². The Morgan fingerprint density at radius 3 is 2.81 bits per heavy atom. The van der Waals surface area contributed by atoms with Crippen LogP contribution in [0, 0.1) is 5.92 Å². The molecule has 0 aliphatic rings. The smallest absolute Gasteiger partial charge is 0.408 e. The minimum Gasteiger partial charge on any atom is -0.408 e. The van der Waals surface area contributed by atoms with E-state index in [1.807, 2.05) is 38.1 Å². The molecule has 0 bridgehead atoms. The third-order valence-electron chi connectivity index (χ3n) is 4.97. The molecule has 3 aromatic heterocycles. The standard InChI is InChI=1S/C22H23N5O4/c1-14(2)19(21-25-20(26-31-21)15-7-5-11-23-13-15)24-18(28)10-6-12-27-16-8-3-4-9-17(16)30-22(27)29/h3-5,7-9,11,13-14,19H,6,10,12H2,1-2H3,(H,24,28). The predicted octanol–water partition coefficient (Wildman–Crippen LogP) is 3.33. The predicted molar refractivity (Wildman–Crippen MR) is 113 cm³/mol. The number of hydrogen-bond acceptors (Lipinski definition) is 7. The Bertz CT molecular complexity index is 1230.